The second kappa shape index (κ2) is 6.92. The van der Waals surface area contributed by atoms with Crippen LogP contribution in [0.15, 0.2) is 33.7 Å². The summed E-state index contributed by atoms with van der Waals surface area (Å²) < 4.78 is 33.4. The van der Waals surface area contributed by atoms with Gasteiger partial charge in [0.25, 0.3) is 0 Å². The standard InChI is InChI=1S/C19H26N2O3S/c1-5-18-19(14(4)20-24-18)17-7-6-12-21(17)25(22,23)16-10-8-15(9-11-16)13(2)3/h8-11,13,17H,5-7,12H2,1-4H3. The fourth-order valence-corrected chi connectivity index (χ4v) is 5.25. The number of aromatic nitrogens is 1. The summed E-state index contributed by atoms with van der Waals surface area (Å²) in [7, 11) is -3.53. The molecule has 1 saturated heterocycles. The molecule has 1 fully saturated rings. The molecule has 6 heteroatoms. The lowest BCUT2D eigenvalue weighted by Gasteiger charge is -2.24. The van der Waals surface area contributed by atoms with Gasteiger partial charge in [-0.1, -0.05) is 38.1 Å². The van der Waals surface area contributed by atoms with Crippen molar-refractivity contribution in [3.63, 3.8) is 0 Å². The second-order valence-electron chi connectivity index (χ2n) is 6.96. The Morgan fingerprint density at radius 3 is 2.56 bits per heavy atom. The highest BCUT2D eigenvalue weighted by atomic mass is 32.2. The largest absolute Gasteiger partial charge is 0.361 e. The predicted molar refractivity (Wildman–Crippen MR) is 97.0 cm³/mol. The molecule has 3 rings (SSSR count). The summed E-state index contributed by atoms with van der Waals surface area (Å²) in [5.74, 6) is 1.17. The van der Waals surface area contributed by atoms with Crippen molar-refractivity contribution in [1.29, 1.82) is 0 Å². The maximum Gasteiger partial charge on any atom is 0.243 e. The van der Waals surface area contributed by atoms with Crippen LogP contribution in [0.5, 0.6) is 0 Å². The summed E-state index contributed by atoms with van der Waals surface area (Å²) >= 11 is 0. The molecule has 1 aromatic carbocycles. The molecule has 1 aliphatic rings. The zero-order valence-corrected chi connectivity index (χ0v) is 16.1. The predicted octanol–water partition coefficient (Wildman–Crippen LogP) is 4.19. The first-order chi connectivity index (χ1) is 11.9. The third-order valence-electron chi connectivity index (χ3n) is 4.99. The molecule has 0 spiro atoms. The van der Waals surface area contributed by atoms with Gasteiger partial charge >= 0.3 is 0 Å². The topological polar surface area (TPSA) is 63.4 Å². The van der Waals surface area contributed by atoms with Gasteiger partial charge in [-0.3, -0.25) is 0 Å². The average molecular weight is 362 g/mol. The van der Waals surface area contributed by atoms with E-state index in [1.54, 1.807) is 16.4 Å². The summed E-state index contributed by atoms with van der Waals surface area (Å²) in [5.41, 5.74) is 2.88. The Balaban J connectivity index is 1.97. The van der Waals surface area contributed by atoms with Crippen molar-refractivity contribution in [2.75, 3.05) is 6.54 Å². The van der Waals surface area contributed by atoms with E-state index in [9.17, 15) is 8.42 Å². The molecule has 1 aliphatic heterocycles. The summed E-state index contributed by atoms with van der Waals surface area (Å²) in [5, 5.41) is 4.06. The zero-order chi connectivity index (χ0) is 18.2. The van der Waals surface area contributed by atoms with E-state index in [2.05, 4.69) is 19.0 Å². The highest BCUT2D eigenvalue weighted by molar-refractivity contribution is 7.89. The van der Waals surface area contributed by atoms with Crippen molar-refractivity contribution < 1.29 is 12.9 Å². The third-order valence-corrected chi connectivity index (χ3v) is 6.92. The Morgan fingerprint density at radius 2 is 1.96 bits per heavy atom. The fourth-order valence-electron chi connectivity index (χ4n) is 3.58. The second-order valence-corrected chi connectivity index (χ2v) is 8.85. The minimum atomic E-state index is -3.53. The number of rotatable bonds is 5. The molecule has 0 amide bonds. The SMILES string of the molecule is CCc1onc(C)c1C1CCCN1S(=O)(=O)c1ccc(C(C)C)cc1. The Labute approximate surface area is 150 Å². The van der Waals surface area contributed by atoms with Crippen LogP contribution < -0.4 is 0 Å². The van der Waals surface area contributed by atoms with E-state index in [0.29, 0.717) is 23.8 Å². The molecule has 0 N–H and O–H groups in total. The average Bonchev–Trinajstić information content (AvgIpc) is 3.21. The van der Waals surface area contributed by atoms with Crippen molar-refractivity contribution in [1.82, 2.24) is 9.46 Å². The third kappa shape index (κ3) is 3.25. The van der Waals surface area contributed by atoms with Gasteiger partial charge in [-0.05, 0) is 43.4 Å². The van der Waals surface area contributed by atoms with Gasteiger partial charge in [0.15, 0.2) is 0 Å². The van der Waals surface area contributed by atoms with Gasteiger partial charge in [-0.25, -0.2) is 8.42 Å². The molecule has 1 unspecified atom stereocenters. The number of nitrogens with zero attached hydrogens (tertiary/aromatic N) is 2. The molecule has 1 aromatic heterocycles. The van der Waals surface area contributed by atoms with E-state index in [4.69, 9.17) is 4.52 Å². The summed E-state index contributed by atoms with van der Waals surface area (Å²) in [6.07, 6.45) is 2.36. The number of aryl methyl sites for hydroxylation is 2. The summed E-state index contributed by atoms with van der Waals surface area (Å²) in [4.78, 5) is 0.357. The van der Waals surface area contributed by atoms with Crippen LogP contribution in [0.4, 0.5) is 0 Å². The molecule has 0 radical (unpaired) electrons. The van der Waals surface area contributed by atoms with E-state index in [-0.39, 0.29) is 6.04 Å². The Morgan fingerprint density at radius 1 is 1.28 bits per heavy atom. The number of sulfonamides is 1. The lowest BCUT2D eigenvalue weighted by molar-refractivity contribution is 0.368. The van der Waals surface area contributed by atoms with Crippen LogP contribution in [0.25, 0.3) is 0 Å². The fraction of sp³-hybridized carbons (Fsp3) is 0.526. The number of hydrogen-bond acceptors (Lipinski definition) is 4. The first kappa shape index (κ1) is 18.1. The van der Waals surface area contributed by atoms with Crippen molar-refractivity contribution >= 4 is 10.0 Å². The maximum atomic E-state index is 13.2. The van der Waals surface area contributed by atoms with E-state index in [1.807, 2.05) is 26.0 Å². The van der Waals surface area contributed by atoms with Crippen LogP contribution >= 0.6 is 0 Å². The minimum absolute atomic E-state index is 0.184. The molecule has 25 heavy (non-hydrogen) atoms. The Bertz CT molecular complexity index is 838. The summed E-state index contributed by atoms with van der Waals surface area (Å²) in [6, 6.07) is 7.08. The molecule has 0 saturated carbocycles. The quantitative estimate of drug-likeness (QED) is 0.800. The lowest BCUT2D eigenvalue weighted by atomic mass is 10.0. The van der Waals surface area contributed by atoms with Crippen molar-refractivity contribution in [2.24, 2.45) is 0 Å². The molecule has 0 bridgehead atoms. The molecule has 2 heterocycles. The number of hydrogen-bond donors (Lipinski definition) is 0. The first-order valence-electron chi connectivity index (χ1n) is 8.93. The highest BCUT2D eigenvalue weighted by Gasteiger charge is 2.39. The molecular weight excluding hydrogens is 336 g/mol. The van der Waals surface area contributed by atoms with Gasteiger partial charge in [0.05, 0.1) is 16.6 Å². The van der Waals surface area contributed by atoms with Gasteiger partial charge in [-0.2, -0.15) is 4.31 Å². The molecular formula is C19H26N2O3S. The maximum absolute atomic E-state index is 13.2. The Hall–Kier alpha value is -1.66. The van der Waals surface area contributed by atoms with Crippen LogP contribution in [0, 0.1) is 6.92 Å². The van der Waals surface area contributed by atoms with E-state index < -0.39 is 10.0 Å². The van der Waals surface area contributed by atoms with Crippen LogP contribution in [-0.2, 0) is 16.4 Å². The molecule has 0 aliphatic carbocycles. The van der Waals surface area contributed by atoms with Crippen molar-refractivity contribution in [3.8, 4) is 0 Å². The van der Waals surface area contributed by atoms with Gasteiger partial charge in [-0.15, -0.1) is 0 Å². The molecule has 1 atom stereocenters. The van der Waals surface area contributed by atoms with Gasteiger partial charge in [0.1, 0.15) is 5.76 Å². The van der Waals surface area contributed by atoms with Gasteiger partial charge < -0.3 is 4.52 Å². The minimum Gasteiger partial charge on any atom is -0.361 e. The monoisotopic (exact) mass is 362 g/mol. The van der Waals surface area contributed by atoms with E-state index >= 15 is 0 Å². The van der Waals surface area contributed by atoms with E-state index in [1.165, 1.54) is 0 Å². The first-order valence-corrected chi connectivity index (χ1v) is 10.4. The smallest absolute Gasteiger partial charge is 0.243 e. The van der Waals surface area contributed by atoms with Crippen LogP contribution in [0.2, 0.25) is 0 Å². The number of benzene rings is 1. The summed E-state index contributed by atoms with van der Waals surface area (Å²) in [6.45, 7) is 8.62. The van der Waals surface area contributed by atoms with Crippen molar-refractivity contribution in [2.45, 2.75) is 63.8 Å². The van der Waals surface area contributed by atoms with Crippen LogP contribution in [0.1, 0.15) is 68.2 Å². The van der Waals surface area contributed by atoms with Gasteiger partial charge in [0.2, 0.25) is 10.0 Å². The molecule has 136 valence electrons. The van der Waals surface area contributed by atoms with Crippen molar-refractivity contribution in [3.05, 3.63) is 46.8 Å². The Kier molecular flexibility index (Phi) is 5.02. The molecule has 2 aromatic rings. The van der Waals surface area contributed by atoms with Crippen LogP contribution in [0.3, 0.4) is 0 Å². The van der Waals surface area contributed by atoms with Crippen LogP contribution in [-0.4, -0.2) is 24.4 Å². The lowest BCUT2D eigenvalue weighted by Crippen LogP contribution is -2.31. The normalized spacial score (nSPS) is 19.0. The van der Waals surface area contributed by atoms with E-state index in [0.717, 1.165) is 35.4 Å². The molecule has 5 nitrogen and oxygen atoms in total. The van der Waals surface area contributed by atoms with Gasteiger partial charge in [0, 0.05) is 18.5 Å². The highest BCUT2D eigenvalue weighted by Crippen LogP contribution is 2.39. The zero-order valence-electron chi connectivity index (χ0n) is 15.3.